The molecule has 29 heavy (non-hydrogen) atoms. The molecule has 0 unspecified atom stereocenters. The van der Waals surface area contributed by atoms with Crippen LogP contribution < -0.4 is 10.1 Å². The number of anilines is 1. The third-order valence-corrected chi connectivity index (χ3v) is 5.32. The van der Waals surface area contributed by atoms with Gasteiger partial charge >= 0.3 is 5.97 Å². The standard InChI is InChI=1S/C23H18BrNO4/c1-14-10-11-18(17(24)12-14)25-21(26)13-28-23(27)22-15-6-2-4-8-19(15)29-20-9-5-3-7-16(20)22/h2-12,22H,13H2,1H3,(H,25,26). The summed E-state index contributed by atoms with van der Waals surface area (Å²) in [6.07, 6.45) is 0. The number of halogens is 1. The molecule has 0 aromatic heterocycles. The van der Waals surface area contributed by atoms with Crippen molar-refractivity contribution in [1.29, 1.82) is 0 Å². The van der Waals surface area contributed by atoms with Gasteiger partial charge < -0.3 is 14.8 Å². The molecular weight excluding hydrogens is 434 g/mol. The highest BCUT2D eigenvalue weighted by Crippen LogP contribution is 2.44. The number of aryl methyl sites for hydroxylation is 1. The van der Waals surface area contributed by atoms with Gasteiger partial charge in [-0.3, -0.25) is 9.59 Å². The van der Waals surface area contributed by atoms with E-state index in [4.69, 9.17) is 9.47 Å². The van der Waals surface area contributed by atoms with Gasteiger partial charge in [0.05, 0.1) is 5.69 Å². The zero-order valence-corrected chi connectivity index (χ0v) is 17.2. The first-order valence-corrected chi connectivity index (χ1v) is 9.90. The molecule has 0 radical (unpaired) electrons. The Morgan fingerprint density at radius 1 is 1.00 bits per heavy atom. The van der Waals surface area contributed by atoms with Crippen molar-refractivity contribution in [1.82, 2.24) is 0 Å². The second kappa shape index (κ2) is 8.09. The van der Waals surface area contributed by atoms with E-state index in [0.29, 0.717) is 17.2 Å². The number of rotatable bonds is 4. The average molecular weight is 452 g/mol. The van der Waals surface area contributed by atoms with Crippen molar-refractivity contribution in [2.45, 2.75) is 12.8 Å². The van der Waals surface area contributed by atoms with E-state index in [1.165, 1.54) is 0 Å². The molecule has 1 aliphatic heterocycles. The number of nitrogens with one attached hydrogen (secondary N) is 1. The van der Waals surface area contributed by atoms with Gasteiger partial charge in [-0.15, -0.1) is 0 Å². The first-order valence-electron chi connectivity index (χ1n) is 9.11. The van der Waals surface area contributed by atoms with Gasteiger partial charge in [0, 0.05) is 15.6 Å². The largest absolute Gasteiger partial charge is 0.457 e. The number of amides is 1. The Hall–Kier alpha value is -3.12. The molecule has 146 valence electrons. The lowest BCUT2D eigenvalue weighted by molar-refractivity contribution is -0.148. The van der Waals surface area contributed by atoms with E-state index < -0.39 is 17.8 Å². The smallest absolute Gasteiger partial charge is 0.318 e. The molecule has 3 aromatic rings. The molecule has 0 bridgehead atoms. The Bertz CT molecular complexity index is 1050. The molecule has 1 heterocycles. The van der Waals surface area contributed by atoms with Crippen LogP contribution in [0.1, 0.15) is 22.6 Å². The summed E-state index contributed by atoms with van der Waals surface area (Å²) in [7, 11) is 0. The van der Waals surface area contributed by atoms with Crippen LogP contribution in [0.15, 0.2) is 71.2 Å². The summed E-state index contributed by atoms with van der Waals surface area (Å²) in [4.78, 5) is 25.2. The average Bonchev–Trinajstić information content (AvgIpc) is 2.72. The molecule has 1 aliphatic rings. The van der Waals surface area contributed by atoms with Gasteiger partial charge in [-0.05, 0) is 52.7 Å². The van der Waals surface area contributed by atoms with Crippen LogP contribution in [0.25, 0.3) is 0 Å². The summed E-state index contributed by atoms with van der Waals surface area (Å²) < 4.78 is 12.0. The van der Waals surface area contributed by atoms with Gasteiger partial charge in [0.25, 0.3) is 5.91 Å². The van der Waals surface area contributed by atoms with E-state index >= 15 is 0 Å². The van der Waals surface area contributed by atoms with Crippen LogP contribution in [0.5, 0.6) is 11.5 Å². The summed E-state index contributed by atoms with van der Waals surface area (Å²) >= 11 is 3.42. The minimum absolute atomic E-state index is 0.374. The molecule has 0 saturated heterocycles. The number of carbonyl (C=O) groups excluding carboxylic acids is 2. The number of fused-ring (bicyclic) bond motifs is 2. The Kier molecular flexibility index (Phi) is 5.36. The molecule has 3 aromatic carbocycles. The second-order valence-corrected chi connectivity index (χ2v) is 7.60. The van der Waals surface area contributed by atoms with Crippen LogP contribution in [0, 0.1) is 6.92 Å². The summed E-state index contributed by atoms with van der Waals surface area (Å²) in [6.45, 7) is 1.59. The molecule has 0 aliphatic carbocycles. The summed E-state index contributed by atoms with van der Waals surface area (Å²) in [5, 5.41) is 2.75. The number of hydrogen-bond acceptors (Lipinski definition) is 4. The molecule has 1 N–H and O–H groups in total. The van der Waals surface area contributed by atoms with Crippen LogP contribution in [0.3, 0.4) is 0 Å². The molecule has 0 fully saturated rings. The fourth-order valence-electron chi connectivity index (χ4n) is 3.29. The SMILES string of the molecule is Cc1ccc(NC(=O)COC(=O)C2c3ccccc3Oc3ccccc32)c(Br)c1. The molecule has 6 heteroatoms. The van der Waals surface area contributed by atoms with Crippen molar-refractivity contribution in [3.8, 4) is 11.5 Å². The number of para-hydroxylation sites is 2. The predicted molar refractivity (Wildman–Crippen MR) is 113 cm³/mol. The normalized spacial score (nSPS) is 12.3. The van der Waals surface area contributed by atoms with E-state index in [0.717, 1.165) is 21.2 Å². The maximum atomic E-state index is 12.9. The van der Waals surface area contributed by atoms with Crippen LogP contribution in [0.4, 0.5) is 5.69 Å². The Morgan fingerprint density at radius 2 is 1.62 bits per heavy atom. The first kappa shape index (κ1) is 19.2. The molecule has 4 rings (SSSR count). The predicted octanol–water partition coefficient (Wildman–Crippen LogP) is 5.18. The lowest BCUT2D eigenvalue weighted by atomic mass is 9.88. The zero-order valence-electron chi connectivity index (χ0n) is 15.6. The van der Waals surface area contributed by atoms with Gasteiger partial charge in [-0.25, -0.2) is 0 Å². The molecule has 0 atom stereocenters. The Balaban J connectivity index is 1.49. The van der Waals surface area contributed by atoms with E-state index in [-0.39, 0.29) is 6.61 Å². The summed E-state index contributed by atoms with van der Waals surface area (Å²) in [5.41, 5.74) is 3.13. The van der Waals surface area contributed by atoms with Crippen LogP contribution in [-0.2, 0) is 14.3 Å². The number of hydrogen-bond donors (Lipinski definition) is 1. The second-order valence-electron chi connectivity index (χ2n) is 6.75. The third-order valence-electron chi connectivity index (χ3n) is 4.66. The zero-order chi connectivity index (χ0) is 20.4. The summed E-state index contributed by atoms with van der Waals surface area (Å²) in [6, 6.07) is 20.3. The van der Waals surface area contributed by atoms with Gasteiger partial charge in [-0.1, -0.05) is 42.5 Å². The Morgan fingerprint density at radius 3 is 2.24 bits per heavy atom. The minimum Gasteiger partial charge on any atom is -0.457 e. The maximum Gasteiger partial charge on any atom is 0.318 e. The van der Waals surface area contributed by atoms with Crippen molar-refractivity contribution in [3.63, 3.8) is 0 Å². The number of benzene rings is 3. The van der Waals surface area contributed by atoms with E-state index in [2.05, 4.69) is 21.2 Å². The minimum atomic E-state index is -0.643. The highest BCUT2D eigenvalue weighted by molar-refractivity contribution is 9.10. The van der Waals surface area contributed by atoms with Gasteiger partial charge in [0.1, 0.15) is 17.4 Å². The third kappa shape index (κ3) is 4.03. The Labute approximate surface area is 176 Å². The van der Waals surface area contributed by atoms with Crippen LogP contribution >= 0.6 is 15.9 Å². The van der Waals surface area contributed by atoms with Crippen molar-refractivity contribution in [2.75, 3.05) is 11.9 Å². The van der Waals surface area contributed by atoms with Crippen molar-refractivity contribution in [2.24, 2.45) is 0 Å². The number of carbonyl (C=O) groups is 2. The molecule has 1 amide bonds. The first-order chi connectivity index (χ1) is 14.0. The van der Waals surface area contributed by atoms with Crippen molar-refractivity contribution < 1.29 is 19.1 Å². The highest BCUT2D eigenvalue weighted by Gasteiger charge is 2.33. The van der Waals surface area contributed by atoms with E-state index in [1.54, 1.807) is 6.07 Å². The highest BCUT2D eigenvalue weighted by atomic mass is 79.9. The van der Waals surface area contributed by atoms with Crippen LogP contribution in [-0.4, -0.2) is 18.5 Å². The molecule has 0 spiro atoms. The van der Waals surface area contributed by atoms with Gasteiger partial charge in [0.15, 0.2) is 6.61 Å². The van der Waals surface area contributed by atoms with Crippen molar-refractivity contribution >= 4 is 33.5 Å². The van der Waals surface area contributed by atoms with Crippen molar-refractivity contribution in [3.05, 3.63) is 87.9 Å². The number of ether oxygens (including phenoxy) is 2. The fourth-order valence-corrected chi connectivity index (χ4v) is 3.88. The quantitative estimate of drug-likeness (QED) is 0.555. The maximum absolute atomic E-state index is 12.9. The fraction of sp³-hybridized carbons (Fsp3) is 0.130. The molecule has 0 saturated carbocycles. The summed E-state index contributed by atoms with van der Waals surface area (Å²) in [5.74, 6) is -0.319. The lowest BCUT2D eigenvalue weighted by Crippen LogP contribution is -2.26. The lowest BCUT2D eigenvalue weighted by Gasteiger charge is -2.26. The molecule has 5 nitrogen and oxygen atoms in total. The number of esters is 1. The van der Waals surface area contributed by atoms with E-state index in [1.807, 2.05) is 67.6 Å². The van der Waals surface area contributed by atoms with E-state index in [9.17, 15) is 9.59 Å². The van der Waals surface area contributed by atoms with Gasteiger partial charge in [0.2, 0.25) is 0 Å². The van der Waals surface area contributed by atoms with Gasteiger partial charge in [-0.2, -0.15) is 0 Å². The van der Waals surface area contributed by atoms with Crippen LogP contribution in [0.2, 0.25) is 0 Å². The molecular formula is C23H18BrNO4. The topological polar surface area (TPSA) is 64.6 Å². The monoisotopic (exact) mass is 451 g/mol.